The summed E-state index contributed by atoms with van der Waals surface area (Å²) in [5.74, 6) is 0.0228. The summed E-state index contributed by atoms with van der Waals surface area (Å²) >= 11 is 0. The van der Waals surface area contributed by atoms with E-state index in [-0.39, 0.29) is 11.8 Å². The van der Waals surface area contributed by atoms with Crippen molar-refractivity contribution in [1.29, 1.82) is 0 Å². The second-order valence-electron chi connectivity index (χ2n) is 8.89. The Labute approximate surface area is 202 Å². The van der Waals surface area contributed by atoms with E-state index < -0.39 is 11.7 Å². The number of anilines is 3. The van der Waals surface area contributed by atoms with E-state index in [9.17, 15) is 13.2 Å². The van der Waals surface area contributed by atoms with E-state index in [1.54, 1.807) is 4.90 Å². The smallest absolute Gasteiger partial charge is 0.378 e. The van der Waals surface area contributed by atoms with Crippen LogP contribution < -0.4 is 10.2 Å². The number of hydrogen-bond acceptors (Lipinski definition) is 6. The van der Waals surface area contributed by atoms with Gasteiger partial charge >= 0.3 is 6.18 Å². The number of morpholine rings is 1. The highest BCUT2D eigenvalue weighted by molar-refractivity contribution is 5.58. The van der Waals surface area contributed by atoms with Crippen molar-refractivity contribution in [2.75, 3.05) is 49.6 Å². The molecule has 0 saturated carbocycles. The maximum Gasteiger partial charge on any atom is 0.421 e. The van der Waals surface area contributed by atoms with Gasteiger partial charge in [0.2, 0.25) is 5.95 Å². The Kier molecular flexibility index (Phi) is 6.88. The van der Waals surface area contributed by atoms with Gasteiger partial charge in [0.25, 0.3) is 0 Å². The molecular weight excluding hydrogens is 455 g/mol. The molecular formula is C26H28F3N5O. The summed E-state index contributed by atoms with van der Waals surface area (Å²) in [5.41, 5.74) is 3.94. The van der Waals surface area contributed by atoms with Gasteiger partial charge in [-0.15, -0.1) is 0 Å². The molecule has 2 aromatic carbocycles. The molecule has 0 aliphatic carbocycles. The lowest BCUT2D eigenvalue weighted by molar-refractivity contribution is -0.137. The monoisotopic (exact) mass is 483 g/mol. The van der Waals surface area contributed by atoms with Gasteiger partial charge in [0.05, 0.1) is 13.2 Å². The van der Waals surface area contributed by atoms with E-state index >= 15 is 0 Å². The van der Waals surface area contributed by atoms with Gasteiger partial charge < -0.3 is 15.0 Å². The van der Waals surface area contributed by atoms with Crippen LogP contribution in [0.4, 0.5) is 30.6 Å². The van der Waals surface area contributed by atoms with Crippen LogP contribution in [0.1, 0.15) is 22.3 Å². The largest absolute Gasteiger partial charge is 0.421 e. The molecule has 0 bridgehead atoms. The number of fused-ring (bicyclic) bond motifs is 1. The molecule has 0 amide bonds. The summed E-state index contributed by atoms with van der Waals surface area (Å²) in [6, 6.07) is 16.5. The molecule has 2 aliphatic rings. The van der Waals surface area contributed by atoms with Gasteiger partial charge in [-0.1, -0.05) is 36.4 Å². The minimum Gasteiger partial charge on any atom is -0.378 e. The fourth-order valence-corrected chi connectivity index (χ4v) is 4.60. The molecule has 184 valence electrons. The lowest BCUT2D eigenvalue weighted by atomic mass is 10.0. The van der Waals surface area contributed by atoms with Gasteiger partial charge in [-0.3, -0.25) is 4.90 Å². The molecule has 3 aromatic rings. The van der Waals surface area contributed by atoms with E-state index in [0.29, 0.717) is 26.3 Å². The highest BCUT2D eigenvalue weighted by Crippen LogP contribution is 2.36. The first-order valence-corrected chi connectivity index (χ1v) is 11.9. The number of alkyl halides is 3. The molecule has 35 heavy (non-hydrogen) atoms. The van der Waals surface area contributed by atoms with Crippen LogP contribution in [0.2, 0.25) is 0 Å². The number of nitrogens with one attached hydrogen (secondary N) is 1. The summed E-state index contributed by atoms with van der Waals surface area (Å²) in [6.45, 7) is 4.34. The zero-order valence-corrected chi connectivity index (χ0v) is 19.4. The maximum atomic E-state index is 13.5. The van der Waals surface area contributed by atoms with Crippen molar-refractivity contribution in [3.8, 4) is 0 Å². The van der Waals surface area contributed by atoms with Gasteiger partial charge in [0.1, 0.15) is 11.4 Å². The zero-order valence-electron chi connectivity index (χ0n) is 19.4. The number of aromatic nitrogens is 2. The Morgan fingerprint density at radius 1 is 0.886 bits per heavy atom. The topological polar surface area (TPSA) is 53.5 Å². The van der Waals surface area contributed by atoms with E-state index in [2.05, 4.69) is 44.5 Å². The molecule has 0 radical (unpaired) electrons. The quantitative estimate of drug-likeness (QED) is 0.569. The SMILES string of the molecule is FC(F)(F)c1cnc(Nc2ccc(CN3CCc4ccccc4CC3)cc2)nc1N1CCOCC1. The van der Waals surface area contributed by atoms with E-state index in [4.69, 9.17) is 4.74 Å². The summed E-state index contributed by atoms with van der Waals surface area (Å²) in [6.07, 6.45) is -1.58. The van der Waals surface area contributed by atoms with Crippen LogP contribution in [-0.4, -0.2) is 54.3 Å². The summed E-state index contributed by atoms with van der Waals surface area (Å²) < 4.78 is 45.9. The van der Waals surface area contributed by atoms with Crippen LogP contribution in [0.25, 0.3) is 0 Å². The molecule has 1 N–H and O–H groups in total. The van der Waals surface area contributed by atoms with Crippen molar-refractivity contribution >= 4 is 17.5 Å². The van der Waals surface area contributed by atoms with Crippen molar-refractivity contribution in [3.05, 3.63) is 77.0 Å². The number of rotatable bonds is 5. The third-order valence-electron chi connectivity index (χ3n) is 6.51. The first kappa shape index (κ1) is 23.6. The van der Waals surface area contributed by atoms with Crippen molar-refractivity contribution in [2.24, 2.45) is 0 Å². The van der Waals surface area contributed by atoms with Crippen LogP contribution in [-0.2, 0) is 30.3 Å². The van der Waals surface area contributed by atoms with Gasteiger partial charge in [-0.05, 0) is 41.7 Å². The number of ether oxygens (including phenoxy) is 1. The molecule has 9 heteroatoms. The van der Waals surface area contributed by atoms with Crippen LogP contribution >= 0.6 is 0 Å². The molecule has 0 unspecified atom stereocenters. The Balaban J connectivity index is 1.25. The lowest BCUT2D eigenvalue weighted by Crippen LogP contribution is -2.38. The molecule has 0 spiro atoms. The Bertz CT molecular complexity index is 1120. The fourth-order valence-electron chi connectivity index (χ4n) is 4.60. The average molecular weight is 484 g/mol. The summed E-state index contributed by atoms with van der Waals surface area (Å²) in [4.78, 5) is 12.2. The van der Waals surface area contributed by atoms with Crippen molar-refractivity contribution in [2.45, 2.75) is 25.6 Å². The first-order valence-electron chi connectivity index (χ1n) is 11.9. The third kappa shape index (κ3) is 5.74. The number of halogens is 3. The first-order chi connectivity index (χ1) is 17.0. The lowest BCUT2D eigenvalue weighted by Gasteiger charge is -2.29. The third-order valence-corrected chi connectivity index (χ3v) is 6.51. The van der Waals surface area contributed by atoms with Crippen molar-refractivity contribution in [3.63, 3.8) is 0 Å². The minimum atomic E-state index is -4.53. The predicted molar refractivity (Wildman–Crippen MR) is 129 cm³/mol. The van der Waals surface area contributed by atoms with Crippen molar-refractivity contribution in [1.82, 2.24) is 14.9 Å². The number of hydrogen-bond donors (Lipinski definition) is 1. The second kappa shape index (κ2) is 10.2. The Hall–Kier alpha value is -3.17. The summed E-state index contributed by atoms with van der Waals surface area (Å²) in [7, 11) is 0. The fraction of sp³-hybridized carbons (Fsp3) is 0.385. The van der Waals surface area contributed by atoms with Gasteiger partial charge in [-0.25, -0.2) is 4.98 Å². The van der Waals surface area contributed by atoms with Crippen LogP contribution in [0.3, 0.4) is 0 Å². The number of nitrogens with zero attached hydrogens (tertiary/aromatic N) is 4. The minimum absolute atomic E-state index is 0.114. The molecule has 1 aromatic heterocycles. The Morgan fingerprint density at radius 2 is 1.54 bits per heavy atom. The van der Waals surface area contributed by atoms with E-state index in [1.165, 1.54) is 16.7 Å². The van der Waals surface area contributed by atoms with E-state index in [0.717, 1.165) is 44.4 Å². The molecule has 5 rings (SSSR count). The maximum absolute atomic E-state index is 13.5. The number of benzene rings is 2. The standard InChI is InChI=1S/C26H28F3N5O/c27-26(28,29)23-17-30-25(32-24(23)34-13-15-35-16-14-34)31-22-7-5-19(6-8-22)18-33-11-9-20-3-1-2-4-21(20)10-12-33/h1-8,17H,9-16,18H2,(H,30,31,32). The molecule has 2 aliphatic heterocycles. The van der Waals surface area contributed by atoms with E-state index in [1.807, 2.05) is 24.3 Å². The highest BCUT2D eigenvalue weighted by atomic mass is 19.4. The zero-order chi connectivity index (χ0) is 24.3. The van der Waals surface area contributed by atoms with Crippen LogP contribution in [0, 0.1) is 0 Å². The molecule has 6 nitrogen and oxygen atoms in total. The molecule has 3 heterocycles. The van der Waals surface area contributed by atoms with Crippen LogP contribution in [0.5, 0.6) is 0 Å². The van der Waals surface area contributed by atoms with Gasteiger partial charge in [-0.2, -0.15) is 18.2 Å². The van der Waals surface area contributed by atoms with Gasteiger partial charge in [0.15, 0.2) is 0 Å². The highest BCUT2D eigenvalue weighted by Gasteiger charge is 2.37. The average Bonchev–Trinajstić information content (AvgIpc) is 3.07. The van der Waals surface area contributed by atoms with Gasteiger partial charge in [0, 0.05) is 44.6 Å². The predicted octanol–water partition coefficient (Wildman–Crippen LogP) is 4.68. The molecule has 1 saturated heterocycles. The molecule has 0 atom stereocenters. The molecule has 1 fully saturated rings. The second-order valence-corrected chi connectivity index (χ2v) is 8.89. The van der Waals surface area contributed by atoms with Crippen LogP contribution in [0.15, 0.2) is 54.7 Å². The van der Waals surface area contributed by atoms with Crippen molar-refractivity contribution < 1.29 is 17.9 Å². The normalized spacial score (nSPS) is 17.1. The summed E-state index contributed by atoms with van der Waals surface area (Å²) in [5, 5.41) is 3.05. The Morgan fingerprint density at radius 3 is 2.17 bits per heavy atom.